The largest absolute Gasteiger partial charge is 0.396 e. The molecule has 3 nitrogen and oxygen atoms in total. The van der Waals surface area contributed by atoms with Crippen molar-refractivity contribution in [1.82, 2.24) is 0 Å². The summed E-state index contributed by atoms with van der Waals surface area (Å²) in [7, 11) is -3.24. The van der Waals surface area contributed by atoms with Gasteiger partial charge in [-0.3, -0.25) is 0 Å². The number of aliphatic hydroxyl groups is 1. The first kappa shape index (κ1) is 13.8. The third-order valence-corrected chi connectivity index (χ3v) is 4.26. The van der Waals surface area contributed by atoms with E-state index in [0.29, 0.717) is 15.6 Å². The van der Waals surface area contributed by atoms with E-state index in [1.165, 1.54) is 0 Å². The average molecular weight is 283 g/mol. The van der Waals surface area contributed by atoms with E-state index < -0.39 is 9.84 Å². The molecule has 0 spiro atoms. The average Bonchev–Trinajstić information content (AvgIpc) is 2.20. The maximum Gasteiger partial charge on any atom is 0.154 e. The maximum absolute atomic E-state index is 11.6. The van der Waals surface area contributed by atoms with E-state index in [9.17, 15) is 8.42 Å². The fourth-order valence-electron chi connectivity index (χ4n) is 1.25. The number of hydrogen-bond donors (Lipinski definition) is 1. The van der Waals surface area contributed by atoms with Crippen molar-refractivity contribution < 1.29 is 13.5 Å². The van der Waals surface area contributed by atoms with E-state index in [2.05, 4.69) is 0 Å². The van der Waals surface area contributed by atoms with E-state index in [0.717, 1.165) is 0 Å². The number of aliphatic hydroxyl groups excluding tert-OH is 1. The Morgan fingerprint density at radius 2 is 1.94 bits per heavy atom. The Balaban J connectivity index is 2.83. The number of sulfone groups is 1. The molecule has 0 aliphatic rings. The Labute approximate surface area is 105 Å². The van der Waals surface area contributed by atoms with Gasteiger partial charge in [-0.05, 0) is 30.2 Å². The molecule has 16 heavy (non-hydrogen) atoms. The summed E-state index contributed by atoms with van der Waals surface area (Å²) < 4.78 is 23.2. The first-order valence-electron chi connectivity index (χ1n) is 4.70. The quantitative estimate of drug-likeness (QED) is 0.902. The van der Waals surface area contributed by atoms with Crippen LogP contribution in [-0.2, 0) is 15.6 Å². The summed E-state index contributed by atoms with van der Waals surface area (Å²) in [6.45, 7) is -0.136. The summed E-state index contributed by atoms with van der Waals surface area (Å²) in [5.41, 5.74) is 0.493. The van der Waals surface area contributed by atoms with Crippen LogP contribution in [0.3, 0.4) is 0 Å². The van der Waals surface area contributed by atoms with Gasteiger partial charge >= 0.3 is 0 Å². The predicted molar refractivity (Wildman–Crippen MR) is 65.7 cm³/mol. The van der Waals surface area contributed by atoms with Gasteiger partial charge in [0, 0.05) is 16.7 Å². The molecule has 0 aliphatic carbocycles. The topological polar surface area (TPSA) is 54.4 Å². The van der Waals surface area contributed by atoms with Crippen LogP contribution in [-0.4, -0.2) is 25.9 Å². The molecule has 1 rings (SSSR count). The van der Waals surface area contributed by atoms with Crippen molar-refractivity contribution in [3.05, 3.63) is 33.8 Å². The van der Waals surface area contributed by atoms with Gasteiger partial charge in [-0.2, -0.15) is 0 Å². The van der Waals surface area contributed by atoms with E-state index >= 15 is 0 Å². The summed E-state index contributed by atoms with van der Waals surface area (Å²) in [6.07, 6.45) is 0.237. The molecular weight excluding hydrogens is 271 g/mol. The van der Waals surface area contributed by atoms with Crippen molar-refractivity contribution in [2.45, 2.75) is 12.2 Å². The summed E-state index contributed by atoms with van der Waals surface area (Å²) in [5, 5.41) is 9.42. The highest BCUT2D eigenvalue weighted by Crippen LogP contribution is 2.22. The fraction of sp³-hybridized carbons (Fsp3) is 0.400. The summed E-state index contributed by atoms with van der Waals surface area (Å²) in [5.74, 6) is -0.196. The van der Waals surface area contributed by atoms with E-state index in [1.807, 2.05) is 0 Å². The third kappa shape index (κ3) is 4.29. The van der Waals surface area contributed by atoms with Gasteiger partial charge < -0.3 is 5.11 Å². The monoisotopic (exact) mass is 282 g/mol. The second-order valence-electron chi connectivity index (χ2n) is 3.40. The Morgan fingerprint density at radius 1 is 1.25 bits per heavy atom. The molecule has 0 saturated heterocycles. The molecule has 1 aromatic rings. The van der Waals surface area contributed by atoms with Crippen LogP contribution in [0.4, 0.5) is 0 Å². The van der Waals surface area contributed by atoms with E-state index in [-0.39, 0.29) is 24.5 Å². The van der Waals surface area contributed by atoms with Crippen LogP contribution in [0.2, 0.25) is 10.0 Å². The first-order chi connectivity index (χ1) is 7.44. The summed E-state index contributed by atoms with van der Waals surface area (Å²) in [6, 6.07) is 4.72. The molecule has 1 aromatic carbocycles. The normalized spacial score (nSPS) is 11.7. The van der Waals surface area contributed by atoms with Gasteiger partial charge in [0.05, 0.1) is 11.5 Å². The van der Waals surface area contributed by atoms with Crippen molar-refractivity contribution in [1.29, 1.82) is 0 Å². The smallest absolute Gasteiger partial charge is 0.154 e. The molecule has 0 unspecified atom stereocenters. The van der Waals surface area contributed by atoms with Crippen LogP contribution in [0.15, 0.2) is 18.2 Å². The van der Waals surface area contributed by atoms with Crippen LogP contribution >= 0.6 is 23.2 Å². The minimum atomic E-state index is -3.24. The van der Waals surface area contributed by atoms with Gasteiger partial charge in [-0.15, -0.1) is 0 Å². The van der Waals surface area contributed by atoms with E-state index in [1.54, 1.807) is 18.2 Å². The molecule has 1 N–H and O–H groups in total. The van der Waals surface area contributed by atoms with Gasteiger partial charge in [-0.25, -0.2) is 8.42 Å². The third-order valence-electron chi connectivity index (χ3n) is 2.00. The van der Waals surface area contributed by atoms with Crippen LogP contribution in [0.5, 0.6) is 0 Å². The number of hydrogen-bond acceptors (Lipinski definition) is 3. The standard InChI is InChI=1S/C10H12Cl2O3S/c11-9-2-3-10(12)8(6-9)7-16(14,15)5-1-4-13/h2-3,6,13H,1,4-5,7H2. The highest BCUT2D eigenvalue weighted by atomic mass is 35.5. The van der Waals surface area contributed by atoms with Crippen LogP contribution in [0, 0.1) is 0 Å². The molecule has 0 radical (unpaired) electrons. The van der Waals surface area contributed by atoms with Gasteiger partial charge in [0.1, 0.15) is 0 Å². The van der Waals surface area contributed by atoms with Gasteiger partial charge in [0.25, 0.3) is 0 Å². The molecule has 0 fully saturated rings. The Bertz CT molecular complexity index is 457. The molecule has 0 heterocycles. The highest BCUT2D eigenvalue weighted by Gasteiger charge is 2.14. The molecule has 6 heteroatoms. The SMILES string of the molecule is O=S(=O)(CCCO)Cc1cc(Cl)ccc1Cl. The van der Waals surface area contributed by atoms with Crippen molar-refractivity contribution in [2.24, 2.45) is 0 Å². The number of rotatable bonds is 5. The van der Waals surface area contributed by atoms with Crippen molar-refractivity contribution in [2.75, 3.05) is 12.4 Å². The predicted octanol–water partition coefficient (Wildman–Crippen LogP) is 2.29. The van der Waals surface area contributed by atoms with E-state index in [4.69, 9.17) is 28.3 Å². The van der Waals surface area contributed by atoms with Crippen LogP contribution in [0.1, 0.15) is 12.0 Å². The molecule has 90 valence electrons. The maximum atomic E-state index is 11.6. The first-order valence-corrected chi connectivity index (χ1v) is 7.27. The molecule has 0 amide bonds. The zero-order valence-electron chi connectivity index (χ0n) is 8.49. The molecule has 0 atom stereocenters. The Hall–Kier alpha value is -0.290. The second-order valence-corrected chi connectivity index (χ2v) is 6.43. The van der Waals surface area contributed by atoms with Gasteiger partial charge in [0.15, 0.2) is 9.84 Å². The number of halogens is 2. The molecule has 0 bridgehead atoms. The lowest BCUT2D eigenvalue weighted by atomic mass is 10.2. The lowest BCUT2D eigenvalue weighted by Gasteiger charge is -2.06. The summed E-state index contributed by atoms with van der Waals surface area (Å²) >= 11 is 11.6. The Kier molecular flexibility index (Phi) is 5.05. The van der Waals surface area contributed by atoms with Crippen molar-refractivity contribution in [3.63, 3.8) is 0 Å². The van der Waals surface area contributed by atoms with Crippen LogP contribution in [0.25, 0.3) is 0 Å². The molecule has 0 aromatic heterocycles. The molecular formula is C10H12Cl2O3S. The van der Waals surface area contributed by atoms with Gasteiger partial charge in [0.2, 0.25) is 0 Å². The number of benzene rings is 1. The zero-order chi connectivity index (χ0) is 12.2. The van der Waals surface area contributed by atoms with Crippen molar-refractivity contribution >= 4 is 33.0 Å². The lowest BCUT2D eigenvalue weighted by molar-refractivity contribution is 0.295. The highest BCUT2D eigenvalue weighted by molar-refractivity contribution is 7.90. The summed E-state index contributed by atoms with van der Waals surface area (Å²) in [4.78, 5) is 0. The minimum absolute atomic E-state index is 0.0493. The molecule has 0 aliphatic heterocycles. The van der Waals surface area contributed by atoms with Crippen molar-refractivity contribution in [3.8, 4) is 0 Å². The molecule has 0 saturated carbocycles. The zero-order valence-corrected chi connectivity index (χ0v) is 10.8. The fourth-order valence-corrected chi connectivity index (χ4v) is 3.13. The Morgan fingerprint density at radius 3 is 2.56 bits per heavy atom. The van der Waals surface area contributed by atoms with Gasteiger partial charge in [-0.1, -0.05) is 23.2 Å². The second kappa shape index (κ2) is 5.87. The lowest BCUT2D eigenvalue weighted by Crippen LogP contribution is -2.10. The van der Waals surface area contributed by atoms with Crippen LogP contribution < -0.4 is 0 Å². The minimum Gasteiger partial charge on any atom is -0.396 e.